The molecule has 0 amide bonds. The van der Waals surface area contributed by atoms with Gasteiger partial charge in [-0.25, -0.2) is 9.07 Å². The van der Waals surface area contributed by atoms with Crippen LogP contribution in [0.1, 0.15) is 11.3 Å². The molecule has 0 aliphatic carbocycles. The molecular formula is C16H12Cl2FN3. The van der Waals surface area contributed by atoms with Gasteiger partial charge in [0, 0.05) is 10.6 Å². The number of aryl methyl sites for hydroxylation is 1. The third kappa shape index (κ3) is 2.72. The number of benzene rings is 2. The molecule has 0 saturated carbocycles. The van der Waals surface area contributed by atoms with E-state index in [1.54, 1.807) is 35.9 Å². The first-order valence-electron chi connectivity index (χ1n) is 6.63. The van der Waals surface area contributed by atoms with Crippen LogP contribution in [-0.4, -0.2) is 15.0 Å². The Kier molecular flexibility index (Phi) is 4.14. The summed E-state index contributed by atoms with van der Waals surface area (Å²) in [4.78, 5) is 0. The van der Waals surface area contributed by atoms with Gasteiger partial charge < -0.3 is 0 Å². The lowest BCUT2D eigenvalue weighted by atomic mass is 10.1. The third-order valence-electron chi connectivity index (χ3n) is 3.36. The summed E-state index contributed by atoms with van der Waals surface area (Å²) in [6.45, 7) is 1.71. The number of hydrogen-bond acceptors (Lipinski definition) is 2. The van der Waals surface area contributed by atoms with Gasteiger partial charge in [-0.1, -0.05) is 35.0 Å². The lowest BCUT2D eigenvalue weighted by molar-refractivity contribution is 0.615. The molecule has 3 rings (SSSR count). The molecule has 0 unspecified atom stereocenters. The highest BCUT2D eigenvalue weighted by molar-refractivity contribution is 6.30. The summed E-state index contributed by atoms with van der Waals surface area (Å²) in [5.41, 5.74) is 3.31. The van der Waals surface area contributed by atoms with Crippen molar-refractivity contribution in [3.8, 4) is 16.9 Å². The van der Waals surface area contributed by atoms with Gasteiger partial charge in [0.25, 0.3) is 0 Å². The average molecular weight is 336 g/mol. The van der Waals surface area contributed by atoms with Gasteiger partial charge in [-0.3, -0.25) is 0 Å². The van der Waals surface area contributed by atoms with Crippen molar-refractivity contribution < 1.29 is 4.39 Å². The summed E-state index contributed by atoms with van der Waals surface area (Å²) in [7, 11) is 0. The van der Waals surface area contributed by atoms with Crippen molar-refractivity contribution in [2.45, 2.75) is 12.8 Å². The van der Waals surface area contributed by atoms with Crippen LogP contribution in [0, 0.1) is 12.7 Å². The maximum Gasteiger partial charge on any atom is 0.128 e. The normalized spacial score (nSPS) is 10.9. The van der Waals surface area contributed by atoms with Crippen LogP contribution in [0.15, 0.2) is 42.5 Å². The summed E-state index contributed by atoms with van der Waals surface area (Å²) in [5.74, 6) is -0.0895. The molecule has 0 aliphatic heterocycles. The largest absolute Gasteiger partial charge is 0.212 e. The first kappa shape index (κ1) is 15.0. The van der Waals surface area contributed by atoms with Crippen LogP contribution in [0.2, 0.25) is 5.02 Å². The monoisotopic (exact) mass is 335 g/mol. The fraction of sp³-hybridized carbons (Fsp3) is 0.125. The molecule has 0 spiro atoms. The van der Waals surface area contributed by atoms with Gasteiger partial charge in [-0.2, -0.15) is 0 Å². The van der Waals surface area contributed by atoms with Crippen molar-refractivity contribution in [1.82, 2.24) is 15.0 Å². The fourth-order valence-corrected chi connectivity index (χ4v) is 2.59. The maximum absolute atomic E-state index is 13.8. The van der Waals surface area contributed by atoms with Crippen LogP contribution in [0.25, 0.3) is 16.9 Å². The van der Waals surface area contributed by atoms with Gasteiger partial charge in [-0.15, -0.1) is 16.7 Å². The molecule has 0 bridgehead atoms. The summed E-state index contributed by atoms with van der Waals surface area (Å²) in [6, 6.07) is 12.2. The number of rotatable bonds is 3. The number of aromatic nitrogens is 3. The van der Waals surface area contributed by atoms with Crippen molar-refractivity contribution in [3.63, 3.8) is 0 Å². The lowest BCUT2D eigenvalue weighted by Crippen LogP contribution is -2.01. The Labute approximate surface area is 137 Å². The number of hydrogen-bond donors (Lipinski definition) is 0. The van der Waals surface area contributed by atoms with E-state index in [-0.39, 0.29) is 11.7 Å². The summed E-state index contributed by atoms with van der Waals surface area (Å²) >= 11 is 12.0. The van der Waals surface area contributed by atoms with Gasteiger partial charge in [0.1, 0.15) is 11.5 Å². The zero-order valence-corrected chi connectivity index (χ0v) is 13.2. The van der Waals surface area contributed by atoms with Crippen LogP contribution in [-0.2, 0) is 5.88 Å². The number of alkyl halides is 1. The summed E-state index contributed by atoms with van der Waals surface area (Å²) in [5, 5.41) is 8.79. The van der Waals surface area contributed by atoms with Crippen LogP contribution in [0.3, 0.4) is 0 Å². The van der Waals surface area contributed by atoms with Crippen molar-refractivity contribution >= 4 is 23.2 Å². The zero-order valence-electron chi connectivity index (χ0n) is 11.7. The minimum atomic E-state index is -0.294. The summed E-state index contributed by atoms with van der Waals surface area (Å²) in [6.07, 6.45) is 0. The molecule has 3 aromatic rings. The molecular weight excluding hydrogens is 324 g/mol. The van der Waals surface area contributed by atoms with E-state index in [1.165, 1.54) is 6.07 Å². The SMILES string of the molecule is Cc1ccc(-n2nnc(CCl)c2-c2cccc(Cl)c2)cc1F. The molecule has 0 N–H and O–H groups in total. The second kappa shape index (κ2) is 6.07. The Morgan fingerprint density at radius 3 is 2.68 bits per heavy atom. The molecule has 2 aromatic carbocycles. The van der Waals surface area contributed by atoms with E-state index >= 15 is 0 Å². The number of halogens is 3. The molecule has 0 aliphatic rings. The molecule has 3 nitrogen and oxygen atoms in total. The van der Waals surface area contributed by atoms with E-state index in [9.17, 15) is 4.39 Å². The predicted octanol–water partition coefficient (Wildman–Crippen LogP) is 4.77. The molecule has 6 heteroatoms. The predicted molar refractivity (Wildman–Crippen MR) is 86.1 cm³/mol. The maximum atomic E-state index is 13.8. The zero-order chi connectivity index (χ0) is 15.7. The molecule has 0 radical (unpaired) electrons. The van der Waals surface area contributed by atoms with Crippen LogP contribution in [0.5, 0.6) is 0 Å². The Morgan fingerprint density at radius 2 is 2.00 bits per heavy atom. The Morgan fingerprint density at radius 1 is 1.18 bits per heavy atom. The van der Waals surface area contributed by atoms with Crippen LogP contribution < -0.4 is 0 Å². The highest BCUT2D eigenvalue weighted by Crippen LogP contribution is 2.28. The third-order valence-corrected chi connectivity index (χ3v) is 3.85. The molecule has 1 heterocycles. The van der Waals surface area contributed by atoms with Crippen molar-refractivity contribution in [2.75, 3.05) is 0 Å². The molecule has 112 valence electrons. The van der Waals surface area contributed by atoms with Crippen LogP contribution in [0.4, 0.5) is 4.39 Å². The van der Waals surface area contributed by atoms with Gasteiger partial charge in [0.2, 0.25) is 0 Å². The van der Waals surface area contributed by atoms with E-state index in [1.807, 2.05) is 12.1 Å². The molecule has 0 fully saturated rings. The topological polar surface area (TPSA) is 30.7 Å². The van der Waals surface area contributed by atoms with E-state index in [0.717, 1.165) is 5.56 Å². The van der Waals surface area contributed by atoms with E-state index in [4.69, 9.17) is 23.2 Å². The minimum Gasteiger partial charge on any atom is -0.212 e. The smallest absolute Gasteiger partial charge is 0.128 e. The van der Waals surface area contributed by atoms with Crippen molar-refractivity contribution in [3.05, 3.63) is 64.6 Å². The quantitative estimate of drug-likeness (QED) is 0.645. The second-order valence-corrected chi connectivity index (χ2v) is 5.58. The lowest BCUT2D eigenvalue weighted by Gasteiger charge is -2.09. The second-order valence-electron chi connectivity index (χ2n) is 4.87. The fourth-order valence-electron chi connectivity index (χ4n) is 2.22. The van der Waals surface area contributed by atoms with Gasteiger partial charge in [0.05, 0.1) is 17.3 Å². The molecule has 22 heavy (non-hydrogen) atoms. The van der Waals surface area contributed by atoms with Crippen molar-refractivity contribution in [1.29, 1.82) is 0 Å². The first-order chi connectivity index (χ1) is 10.6. The van der Waals surface area contributed by atoms with Gasteiger partial charge >= 0.3 is 0 Å². The minimum absolute atomic E-state index is 0.205. The van der Waals surface area contributed by atoms with E-state index in [0.29, 0.717) is 27.7 Å². The van der Waals surface area contributed by atoms with E-state index in [2.05, 4.69) is 10.3 Å². The van der Waals surface area contributed by atoms with E-state index < -0.39 is 0 Å². The van der Waals surface area contributed by atoms with Crippen molar-refractivity contribution in [2.24, 2.45) is 0 Å². The number of nitrogens with zero attached hydrogens (tertiary/aromatic N) is 3. The van der Waals surface area contributed by atoms with Crippen LogP contribution >= 0.6 is 23.2 Å². The first-order valence-corrected chi connectivity index (χ1v) is 7.54. The summed E-state index contributed by atoms with van der Waals surface area (Å²) < 4.78 is 15.4. The average Bonchev–Trinajstić information content (AvgIpc) is 2.94. The Bertz CT molecular complexity index is 830. The highest BCUT2D eigenvalue weighted by atomic mass is 35.5. The standard InChI is InChI=1S/C16H12Cl2FN3/c1-10-5-6-13(8-14(10)19)22-16(15(9-17)20-21-22)11-3-2-4-12(18)7-11/h2-8H,9H2,1H3. The van der Waals surface area contributed by atoms with Gasteiger partial charge in [-0.05, 0) is 36.8 Å². The molecule has 0 atom stereocenters. The highest BCUT2D eigenvalue weighted by Gasteiger charge is 2.16. The Balaban J connectivity index is 2.21. The Hall–Kier alpha value is -1.91. The molecule has 0 saturated heterocycles. The van der Waals surface area contributed by atoms with Gasteiger partial charge in [0.15, 0.2) is 0 Å². The molecule has 1 aromatic heterocycles.